The molecule has 0 aromatic heterocycles. The first kappa shape index (κ1) is 8.85. The number of aliphatic imine (C=N–C) groups is 1. The highest BCUT2D eigenvalue weighted by Gasteiger charge is 2.06. The molecule has 0 aliphatic carbocycles. The highest BCUT2D eigenvalue weighted by atomic mass is 32.2. The fourth-order valence-corrected chi connectivity index (χ4v) is 1.72. The standard InChI is InChI=1S/C9H15NS/c1-7(2)11-9-5-4-8(3)6-10-9/h5-8H,4H2,1-3H3. The third-order valence-corrected chi connectivity index (χ3v) is 2.46. The van der Waals surface area contributed by atoms with Crippen LogP contribution in [0.4, 0.5) is 0 Å². The summed E-state index contributed by atoms with van der Waals surface area (Å²) in [7, 11) is 0. The minimum Gasteiger partial charge on any atom is -0.254 e. The summed E-state index contributed by atoms with van der Waals surface area (Å²) in [5.74, 6) is 0.631. The van der Waals surface area contributed by atoms with Gasteiger partial charge in [-0.1, -0.05) is 26.8 Å². The van der Waals surface area contributed by atoms with Crippen LogP contribution < -0.4 is 0 Å². The molecule has 0 amide bonds. The van der Waals surface area contributed by atoms with Crippen LogP contribution in [0.3, 0.4) is 0 Å². The molecule has 62 valence electrons. The van der Waals surface area contributed by atoms with Gasteiger partial charge in [0, 0.05) is 11.5 Å². The first-order valence-electron chi connectivity index (χ1n) is 4.09. The maximum atomic E-state index is 4.35. The maximum Gasteiger partial charge on any atom is 0.0918 e. The summed E-state index contributed by atoms with van der Waals surface area (Å²) in [6, 6.07) is 0. The highest BCUT2D eigenvalue weighted by Crippen LogP contribution is 2.25. The normalized spacial score (nSPS) is 24.0. The summed E-state index contributed by atoms with van der Waals surface area (Å²) in [5.41, 5.74) is 0. The average molecular weight is 169 g/mol. The third-order valence-electron chi connectivity index (χ3n) is 1.48. The Kier molecular flexibility index (Phi) is 3.18. The molecule has 0 aromatic rings. The van der Waals surface area contributed by atoms with Crippen LogP contribution >= 0.6 is 11.8 Å². The van der Waals surface area contributed by atoms with Crippen LogP contribution in [0.2, 0.25) is 0 Å². The molecule has 2 heteroatoms. The van der Waals surface area contributed by atoms with E-state index in [2.05, 4.69) is 31.8 Å². The molecule has 1 aliphatic rings. The summed E-state index contributed by atoms with van der Waals surface area (Å²) in [5, 5.41) is 1.84. The van der Waals surface area contributed by atoms with Crippen molar-refractivity contribution in [3.8, 4) is 0 Å². The van der Waals surface area contributed by atoms with Gasteiger partial charge in [0.25, 0.3) is 0 Å². The number of allylic oxidation sites excluding steroid dienone is 1. The number of nitrogens with zero attached hydrogens (tertiary/aromatic N) is 1. The zero-order valence-electron chi connectivity index (χ0n) is 7.37. The molecule has 0 saturated heterocycles. The second-order valence-electron chi connectivity index (χ2n) is 3.20. The zero-order valence-corrected chi connectivity index (χ0v) is 8.19. The first-order valence-corrected chi connectivity index (χ1v) is 4.97. The molecular formula is C9H15NS. The Morgan fingerprint density at radius 1 is 1.64 bits per heavy atom. The third kappa shape index (κ3) is 3.10. The van der Waals surface area contributed by atoms with Gasteiger partial charge in [-0.15, -0.1) is 11.8 Å². The van der Waals surface area contributed by atoms with Gasteiger partial charge in [-0.25, -0.2) is 0 Å². The van der Waals surface area contributed by atoms with Gasteiger partial charge in [-0.2, -0.15) is 0 Å². The van der Waals surface area contributed by atoms with E-state index in [1.807, 2.05) is 18.0 Å². The molecule has 0 fully saturated rings. The molecular weight excluding hydrogens is 154 g/mol. The van der Waals surface area contributed by atoms with Crippen molar-refractivity contribution < 1.29 is 0 Å². The van der Waals surface area contributed by atoms with Crippen molar-refractivity contribution >= 4 is 18.0 Å². The molecule has 1 atom stereocenters. The lowest BCUT2D eigenvalue weighted by Gasteiger charge is -2.11. The summed E-state index contributed by atoms with van der Waals surface area (Å²) in [6.07, 6.45) is 5.43. The molecule has 0 radical (unpaired) electrons. The predicted molar refractivity (Wildman–Crippen MR) is 53.1 cm³/mol. The summed E-state index contributed by atoms with van der Waals surface area (Å²) in [4.78, 5) is 4.35. The molecule has 11 heavy (non-hydrogen) atoms. The minimum atomic E-state index is 0.631. The Hall–Kier alpha value is -0.240. The fraction of sp³-hybridized carbons (Fsp3) is 0.667. The van der Waals surface area contributed by atoms with E-state index in [4.69, 9.17) is 0 Å². The van der Waals surface area contributed by atoms with Gasteiger partial charge in [0.1, 0.15) is 0 Å². The lowest BCUT2D eigenvalue weighted by molar-refractivity contribution is 0.793. The van der Waals surface area contributed by atoms with Crippen molar-refractivity contribution in [3.63, 3.8) is 0 Å². The summed E-state index contributed by atoms with van der Waals surface area (Å²) >= 11 is 1.84. The van der Waals surface area contributed by atoms with E-state index in [0.717, 1.165) is 6.42 Å². The smallest absolute Gasteiger partial charge is 0.0918 e. The monoisotopic (exact) mass is 169 g/mol. The largest absolute Gasteiger partial charge is 0.254 e. The van der Waals surface area contributed by atoms with Crippen LogP contribution in [-0.2, 0) is 0 Å². The van der Waals surface area contributed by atoms with E-state index in [-0.39, 0.29) is 0 Å². The van der Waals surface area contributed by atoms with Crippen LogP contribution in [0.15, 0.2) is 16.1 Å². The van der Waals surface area contributed by atoms with Gasteiger partial charge < -0.3 is 0 Å². The van der Waals surface area contributed by atoms with Crippen molar-refractivity contribution in [2.24, 2.45) is 10.9 Å². The van der Waals surface area contributed by atoms with E-state index in [0.29, 0.717) is 11.2 Å². The van der Waals surface area contributed by atoms with Gasteiger partial charge in [-0.3, -0.25) is 4.99 Å². The second kappa shape index (κ2) is 3.96. The SMILES string of the molecule is CC1C=NC(SC(C)C)=CC1. The molecule has 0 aromatic carbocycles. The summed E-state index contributed by atoms with van der Waals surface area (Å²) < 4.78 is 0. The second-order valence-corrected chi connectivity index (χ2v) is 4.80. The van der Waals surface area contributed by atoms with E-state index < -0.39 is 0 Å². The fourth-order valence-electron chi connectivity index (χ4n) is 0.921. The lowest BCUT2D eigenvalue weighted by atomic mass is 10.1. The Morgan fingerprint density at radius 3 is 2.82 bits per heavy atom. The molecule has 1 nitrogen and oxygen atoms in total. The van der Waals surface area contributed by atoms with Crippen LogP contribution in [0, 0.1) is 5.92 Å². The number of hydrogen-bond acceptors (Lipinski definition) is 2. The Labute approximate surface area is 73.0 Å². The minimum absolute atomic E-state index is 0.631. The molecule has 0 bridgehead atoms. The number of hydrogen-bond donors (Lipinski definition) is 0. The zero-order chi connectivity index (χ0) is 8.27. The van der Waals surface area contributed by atoms with Gasteiger partial charge in [-0.05, 0) is 12.3 Å². The predicted octanol–water partition coefficient (Wildman–Crippen LogP) is 3.08. The van der Waals surface area contributed by atoms with Crippen LogP contribution in [0.25, 0.3) is 0 Å². The molecule has 0 N–H and O–H groups in total. The van der Waals surface area contributed by atoms with Gasteiger partial charge in [0.2, 0.25) is 0 Å². The van der Waals surface area contributed by atoms with Crippen LogP contribution in [-0.4, -0.2) is 11.5 Å². The molecule has 1 heterocycles. The molecule has 1 aliphatic heterocycles. The van der Waals surface area contributed by atoms with Crippen LogP contribution in [0.1, 0.15) is 27.2 Å². The van der Waals surface area contributed by atoms with Crippen LogP contribution in [0.5, 0.6) is 0 Å². The van der Waals surface area contributed by atoms with Gasteiger partial charge in [0.15, 0.2) is 0 Å². The maximum absolute atomic E-state index is 4.35. The lowest BCUT2D eigenvalue weighted by Crippen LogP contribution is -2.00. The number of rotatable bonds is 2. The highest BCUT2D eigenvalue weighted by molar-refractivity contribution is 8.03. The van der Waals surface area contributed by atoms with E-state index in [1.165, 1.54) is 5.03 Å². The van der Waals surface area contributed by atoms with E-state index in [1.54, 1.807) is 0 Å². The molecule has 1 rings (SSSR count). The first-order chi connectivity index (χ1) is 5.18. The van der Waals surface area contributed by atoms with Crippen molar-refractivity contribution in [2.75, 3.05) is 0 Å². The van der Waals surface area contributed by atoms with E-state index in [9.17, 15) is 0 Å². The topological polar surface area (TPSA) is 12.4 Å². The van der Waals surface area contributed by atoms with Gasteiger partial charge >= 0.3 is 0 Å². The molecule has 1 unspecified atom stereocenters. The van der Waals surface area contributed by atoms with Crippen molar-refractivity contribution in [3.05, 3.63) is 11.1 Å². The average Bonchev–Trinajstić information content (AvgIpc) is 1.93. The quantitative estimate of drug-likeness (QED) is 0.619. The van der Waals surface area contributed by atoms with Crippen molar-refractivity contribution in [2.45, 2.75) is 32.4 Å². The van der Waals surface area contributed by atoms with E-state index >= 15 is 0 Å². The Morgan fingerprint density at radius 2 is 2.36 bits per heavy atom. The Bertz CT molecular complexity index is 182. The Balaban J connectivity index is 2.43. The van der Waals surface area contributed by atoms with Crippen molar-refractivity contribution in [1.82, 2.24) is 0 Å². The number of thioether (sulfide) groups is 1. The van der Waals surface area contributed by atoms with Crippen molar-refractivity contribution in [1.29, 1.82) is 0 Å². The van der Waals surface area contributed by atoms with Gasteiger partial charge in [0.05, 0.1) is 5.03 Å². The molecule has 0 spiro atoms. The summed E-state index contributed by atoms with van der Waals surface area (Å²) in [6.45, 7) is 6.58. The molecule has 0 saturated carbocycles.